The molecule has 120 valence electrons. The van der Waals surface area contributed by atoms with Crippen molar-refractivity contribution in [1.29, 1.82) is 0 Å². The number of hydrogen-bond acceptors (Lipinski definition) is 4. The largest absolute Gasteiger partial charge is 0.326 e. The fourth-order valence-corrected chi connectivity index (χ4v) is 2.73. The summed E-state index contributed by atoms with van der Waals surface area (Å²) in [6.07, 6.45) is 6.92. The van der Waals surface area contributed by atoms with Crippen molar-refractivity contribution in [2.45, 2.75) is 0 Å². The quantitative estimate of drug-likeness (QED) is 0.742. The lowest BCUT2D eigenvalue weighted by Gasteiger charge is -2.16. The summed E-state index contributed by atoms with van der Waals surface area (Å²) < 4.78 is 1.79. The van der Waals surface area contributed by atoms with E-state index in [0.29, 0.717) is 6.54 Å². The molecule has 1 fully saturated rings. The van der Waals surface area contributed by atoms with Crippen molar-refractivity contribution in [3.8, 4) is 16.9 Å². The second kappa shape index (κ2) is 5.77. The van der Waals surface area contributed by atoms with Gasteiger partial charge in [0.15, 0.2) is 0 Å². The molecule has 24 heavy (non-hydrogen) atoms. The fraction of sp³-hybridized carbons (Fsp3) is 0.176. The summed E-state index contributed by atoms with van der Waals surface area (Å²) in [5.41, 5.74) is 3.59. The van der Waals surface area contributed by atoms with Crippen LogP contribution in [-0.2, 0) is 0 Å². The van der Waals surface area contributed by atoms with Crippen LogP contribution in [-0.4, -0.2) is 50.8 Å². The van der Waals surface area contributed by atoms with Crippen molar-refractivity contribution in [1.82, 2.24) is 24.6 Å². The van der Waals surface area contributed by atoms with Crippen LogP contribution in [0.3, 0.4) is 0 Å². The Labute approximate surface area is 139 Å². The average Bonchev–Trinajstić information content (AvgIpc) is 3.24. The van der Waals surface area contributed by atoms with Crippen molar-refractivity contribution < 1.29 is 4.79 Å². The first-order valence-electron chi connectivity index (χ1n) is 7.66. The van der Waals surface area contributed by atoms with Gasteiger partial charge < -0.3 is 4.90 Å². The summed E-state index contributed by atoms with van der Waals surface area (Å²) in [5.74, 6) is 0. The molecule has 0 aliphatic carbocycles. The van der Waals surface area contributed by atoms with Crippen LogP contribution in [0.5, 0.6) is 0 Å². The summed E-state index contributed by atoms with van der Waals surface area (Å²) in [7, 11) is 1.81. The Morgan fingerprint density at radius 2 is 1.83 bits per heavy atom. The van der Waals surface area contributed by atoms with Crippen LogP contribution >= 0.6 is 0 Å². The number of amides is 2. The van der Waals surface area contributed by atoms with Crippen LogP contribution in [0.25, 0.3) is 16.9 Å². The Balaban J connectivity index is 1.58. The number of anilines is 1. The van der Waals surface area contributed by atoms with E-state index in [-0.39, 0.29) is 6.03 Å². The van der Waals surface area contributed by atoms with Crippen molar-refractivity contribution in [3.05, 3.63) is 55.2 Å². The maximum Gasteiger partial charge on any atom is 0.324 e. The third-order valence-corrected chi connectivity index (χ3v) is 4.10. The smallest absolute Gasteiger partial charge is 0.324 e. The number of aromatic nitrogens is 4. The highest BCUT2D eigenvalue weighted by Gasteiger charge is 2.26. The van der Waals surface area contributed by atoms with Crippen LogP contribution in [0.15, 0.2) is 55.2 Å². The lowest BCUT2D eigenvalue weighted by atomic mass is 10.2. The first kappa shape index (κ1) is 14.4. The standard InChI is InChI=1S/C17H16N6O/c1-21-8-9-22(17(21)24)14-2-4-15(5-3-14)23-11-13(10-20-23)16-6-7-18-12-19-16/h2-7,10-12H,8-9H2,1H3. The molecule has 7 heteroatoms. The van der Waals surface area contributed by atoms with Gasteiger partial charge >= 0.3 is 6.03 Å². The second-order valence-corrected chi connectivity index (χ2v) is 5.64. The summed E-state index contributed by atoms with van der Waals surface area (Å²) in [6, 6.07) is 9.68. The number of likely N-dealkylation sites (N-methyl/N-ethyl adjacent to an activating group) is 1. The molecule has 1 aliphatic heterocycles. The summed E-state index contributed by atoms with van der Waals surface area (Å²) in [4.78, 5) is 23.7. The van der Waals surface area contributed by atoms with Crippen molar-refractivity contribution in [3.63, 3.8) is 0 Å². The molecular weight excluding hydrogens is 304 g/mol. The van der Waals surface area contributed by atoms with Gasteiger partial charge in [0, 0.05) is 43.8 Å². The Morgan fingerprint density at radius 3 is 2.50 bits per heavy atom. The normalized spacial score (nSPS) is 14.5. The van der Waals surface area contributed by atoms with Gasteiger partial charge in [-0.3, -0.25) is 4.90 Å². The van der Waals surface area contributed by atoms with Gasteiger partial charge in [0.2, 0.25) is 0 Å². The molecule has 1 aliphatic rings. The van der Waals surface area contributed by atoms with E-state index in [1.807, 2.05) is 43.6 Å². The lowest BCUT2D eigenvalue weighted by molar-refractivity contribution is 0.229. The van der Waals surface area contributed by atoms with E-state index in [4.69, 9.17) is 0 Å². The minimum atomic E-state index is 0.0351. The molecule has 7 nitrogen and oxygen atoms in total. The zero-order valence-corrected chi connectivity index (χ0v) is 13.2. The van der Waals surface area contributed by atoms with Gasteiger partial charge in [0.05, 0.1) is 17.6 Å². The molecule has 0 atom stereocenters. The van der Waals surface area contributed by atoms with E-state index in [2.05, 4.69) is 15.1 Å². The molecular formula is C17H16N6O. The molecule has 0 radical (unpaired) electrons. The Kier molecular flexibility index (Phi) is 3.45. The maximum atomic E-state index is 12.0. The fourth-order valence-electron chi connectivity index (χ4n) is 2.73. The molecule has 2 aromatic heterocycles. The minimum absolute atomic E-state index is 0.0351. The molecule has 0 bridgehead atoms. The second-order valence-electron chi connectivity index (χ2n) is 5.64. The Bertz CT molecular complexity index is 858. The molecule has 0 spiro atoms. The third-order valence-electron chi connectivity index (χ3n) is 4.10. The number of hydrogen-bond donors (Lipinski definition) is 0. The Hall–Kier alpha value is -3.22. The summed E-state index contributed by atoms with van der Waals surface area (Å²) in [6.45, 7) is 1.47. The molecule has 4 rings (SSSR count). The van der Waals surface area contributed by atoms with E-state index in [0.717, 1.165) is 29.2 Å². The molecule has 1 aromatic carbocycles. The minimum Gasteiger partial charge on any atom is -0.326 e. The predicted molar refractivity (Wildman–Crippen MR) is 90.0 cm³/mol. The lowest BCUT2D eigenvalue weighted by Crippen LogP contribution is -2.29. The van der Waals surface area contributed by atoms with E-state index < -0.39 is 0 Å². The monoisotopic (exact) mass is 320 g/mol. The van der Waals surface area contributed by atoms with Gasteiger partial charge in [-0.1, -0.05) is 0 Å². The predicted octanol–water partition coefficient (Wildman–Crippen LogP) is 2.20. The topological polar surface area (TPSA) is 67.2 Å². The first-order valence-corrected chi connectivity index (χ1v) is 7.66. The molecule has 0 saturated carbocycles. The van der Waals surface area contributed by atoms with Crippen molar-refractivity contribution in [2.24, 2.45) is 0 Å². The van der Waals surface area contributed by atoms with Gasteiger partial charge in [-0.2, -0.15) is 5.10 Å². The summed E-state index contributed by atoms with van der Waals surface area (Å²) >= 11 is 0. The maximum absolute atomic E-state index is 12.0. The van der Waals surface area contributed by atoms with Crippen LogP contribution in [0.1, 0.15) is 0 Å². The third kappa shape index (κ3) is 2.50. The average molecular weight is 320 g/mol. The molecule has 0 N–H and O–H groups in total. The van der Waals surface area contributed by atoms with Gasteiger partial charge in [0.1, 0.15) is 6.33 Å². The highest BCUT2D eigenvalue weighted by Crippen LogP contribution is 2.22. The van der Waals surface area contributed by atoms with Crippen LogP contribution in [0, 0.1) is 0 Å². The summed E-state index contributed by atoms with van der Waals surface area (Å²) in [5, 5.41) is 4.38. The van der Waals surface area contributed by atoms with Crippen molar-refractivity contribution >= 4 is 11.7 Å². The number of carbonyl (C=O) groups is 1. The number of rotatable bonds is 3. The van der Waals surface area contributed by atoms with Crippen LogP contribution in [0.4, 0.5) is 10.5 Å². The number of nitrogens with zero attached hydrogens (tertiary/aromatic N) is 6. The highest BCUT2D eigenvalue weighted by molar-refractivity contribution is 5.94. The molecule has 2 amide bonds. The first-order chi connectivity index (χ1) is 11.7. The molecule has 3 aromatic rings. The number of carbonyl (C=O) groups excluding carboxylic acids is 1. The molecule has 1 saturated heterocycles. The van der Waals surface area contributed by atoms with E-state index in [9.17, 15) is 4.79 Å². The SMILES string of the molecule is CN1CCN(c2ccc(-n3cc(-c4ccncn4)cn3)cc2)C1=O. The van der Waals surface area contributed by atoms with Crippen molar-refractivity contribution in [2.75, 3.05) is 25.0 Å². The van der Waals surface area contributed by atoms with Gasteiger partial charge in [0.25, 0.3) is 0 Å². The van der Waals surface area contributed by atoms with E-state index >= 15 is 0 Å². The highest BCUT2D eigenvalue weighted by atomic mass is 16.2. The number of benzene rings is 1. The molecule has 0 unspecified atom stereocenters. The zero-order chi connectivity index (χ0) is 16.5. The zero-order valence-electron chi connectivity index (χ0n) is 13.2. The van der Waals surface area contributed by atoms with Gasteiger partial charge in [-0.25, -0.2) is 19.4 Å². The van der Waals surface area contributed by atoms with Crippen LogP contribution < -0.4 is 4.90 Å². The van der Waals surface area contributed by atoms with Crippen LogP contribution in [0.2, 0.25) is 0 Å². The van der Waals surface area contributed by atoms with E-state index in [1.54, 1.807) is 26.9 Å². The van der Waals surface area contributed by atoms with Gasteiger partial charge in [-0.15, -0.1) is 0 Å². The Morgan fingerprint density at radius 1 is 1.04 bits per heavy atom. The number of urea groups is 1. The van der Waals surface area contributed by atoms with E-state index in [1.165, 1.54) is 6.33 Å². The molecule has 3 heterocycles. The van der Waals surface area contributed by atoms with Gasteiger partial charge in [-0.05, 0) is 30.3 Å².